The Morgan fingerprint density at radius 3 is 2.50 bits per heavy atom. The van der Waals surface area contributed by atoms with Crippen LogP contribution in [0.5, 0.6) is 0 Å². The Hall–Kier alpha value is -0.0400. The smallest absolute Gasteiger partial charge is 0.0462 e. The minimum Gasteiger partial charge on any atom is -0.396 e. The van der Waals surface area contributed by atoms with Crippen molar-refractivity contribution in [3.05, 3.63) is 0 Å². The van der Waals surface area contributed by atoms with E-state index < -0.39 is 0 Å². The maximum atomic E-state index is 9.20. The summed E-state index contributed by atoms with van der Waals surface area (Å²) in [5, 5.41) is 9.20. The molecule has 1 saturated carbocycles. The average molecular weight is 170 g/mol. The third kappa shape index (κ3) is 2.22. The van der Waals surface area contributed by atoms with E-state index in [1.165, 1.54) is 19.3 Å². The second-order valence-electron chi connectivity index (χ2n) is 4.77. The summed E-state index contributed by atoms with van der Waals surface area (Å²) in [7, 11) is 0. The van der Waals surface area contributed by atoms with Crippen LogP contribution in [0.1, 0.15) is 40.0 Å². The fourth-order valence-corrected chi connectivity index (χ4v) is 2.53. The Kier molecular flexibility index (Phi) is 3.57. The molecule has 1 rings (SSSR count). The highest BCUT2D eigenvalue weighted by atomic mass is 16.3. The summed E-state index contributed by atoms with van der Waals surface area (Å²) in [6.45, 7) is 7.30. The predicted molar refractivity (Wildman–Crippen MR) is 51.9 cm³/mol. The van der Waals surface area contributed by atoms with Crippen LogP contribution in [0.4, 0.5) is 0 Å². The Balaban J connectivity index is 2.52. The molecule has 0 bridgehead atoms. The highest BCUT2D eigenvalue weighted by molar-refractivity contribution is 4.79. The zero-order chi connectivity index (χ0) is 9.14. The molecule has 0 aromatic carbocycles. The molecule has 1 N–H and O–H groups in total. The van der Waals surface area contributed by atoms with Crippen LogP contribution in [0, 0.1) is 23.7 Å². The van der Waals surface area contributed by atoms with Gasteiger partial charge in [-0.15, -0.1) is 0 Å². The lowest BCUT2D eigenvalue weighted by Crippen LogP contribution is -2.29. The fourth-order valence-electron chi connectivity index (χ4n) is 2.53. The van der Waals surface area contributed by atoms with Gasteiger partial charge in [-0.25, -0.2) is 0 Å². The minimum absolute atomic E-state index is 0.398. The molecule has 72 valence electrons. The lowest BCUT2D eigenvalue weighted by molar-refractivity contribution is 0.0841. The zero-order valence-corrected chi connectivity index (χ0v) is 8.59. The summed E-state index contributed by atoms with van der Waals surface area (Å²) in [5.41, 5.74) is 0. The van der Waals surface area contributed by atoms with E-state index in [-0.39, 0.29) is 0 Å². The van der Waals surface area contributed by atoms with Crippen LogP contribution >= 0.6 is 0 Å². The first-order chi connectivity index (χ1) is 5.65. The van der Waals surface area contributed by atoms with Crippen molar-refractivity contribution in [2.75, 3.05) is 6.61 Å². The highest BCUT2D eigenvalue weighted by Crippen LogP contribution is 2.37. The normalized spacial score (nSPS) is 37.2. The first kappa shape index (κ1) is 10.0. The lowest BCUT2D eigenvalue weighted by Gasteiger charge is -2.36. The van der Waals surface area contributed by atoms with Crippen molar-refractivity contribution in [1.29, 1.82) is 0 Å². The molecule has 1 nitrogen and oxygen atoms in total. The van der Waals surface area contributed by atoms with Crippen molar-refractivity contribution in [3.8, 4) is 0 Å². The van der Waals surface area contributed by atoms with Gasteiger partial charge in [-0.2, -0.15) is 0 Å². The molecule has 0 spiro atoms. The van der Waals surface area contributed by atoms with Crippen molar-refractivity contribution in [2.24, 2.45) is 23.7 Å². The van der Waals surface area contributed by atoms with Crippen LogP contribution in [0.25, 0.3) is 0 Å². The summed E-state index contributed by atoms with van der Waals surface area (Å²) >= 11 is 0. The summed E-state index contributed by atoms with van der Waals surface area (Å²) < 4.78 is 0. The molecule has 1 fully saturated rings. The zero-order valence-electron chi connectivity index (χ0n) is 8.59. The van der Waals surface area contributed by atoms with E-state index in [1.54, 1.807) is 0 Å². The molecule has 1 aliphatic carbocycles. The molecular formula is C11H22O. The van der Waals surface area contributed by atoms with Gasteiger partial charge >= 0.3 is 0 Å². The molecule has 1 aliphatic rings. The molecule has 0 saturated heterocycles. The number of aliphatic hydroxyl groups excluding tert-OH is 1. The summed E-state index contributed by atoms with van der Waals surface area (Å²) in [6, 6.07) is 0. The molecule has 0 amide bonds. The van der Waals surface area contributed by atoms with Gasteiger partial charge in [-0.1, -0.05) is 27.2 Å². The van der Waals surface area contributed by atoms with Crippen molar-refractivity contribution in [3.63, 3.8) is 0 Å². The largest absolute Gasteiger partial charge is 0.396 e. The first-order valence-corrected chi connectivity index (χ1v) is 5.26. The standard InChI is InChI=1S/C11H22O/c1-8(2)11-6-9(3)4-5-10(11)7-12/h8-12H,4-7H2,1-3H3. The molecule has 3 atom stereocenters. The molecule has 3 unspecified atom stereocenters. The van der Waals surface area contributed by atoms with Crippen molar-refractivity contribution < 1.29 is 5.11 Å². The molecule has 1 heteroatoms. The van der Waals surface area contributed by atoms with Gasteiger partial charge in [0.1, 0.15) is 0 Å². The Labute approximate surface area is 76.2 Å². The molecule has 0 aromatic heterocycles. The second-order valence-corrected chi connectivity index (χ2v) is 4.77. The van der Waals surface area contributed by atoms with Crippen LogP contribution in [0.15, 0.2) is 0 Å². The van der Waals surface area contributed by atoms with Crippen molar-refractivity contribution in [1.82, 2.24) is 0 Å². The van der Waals surface area contributed by atoms with E-state index in [4.69, 9.17) is 0 Å². The van der Waals surface area contributed by atoms with Gasteiger partial charge in [0.2, 0.25) is 0 Å². The third-order valence-electron chi connectivity index (χ3n) is 3.40. The number of aliphatic hydroxyl groups is 1. The van der Waals surface area contributed by atoms with Gasteiger partial charge in [0.05, 0.1) is 0 Å². The van der Waals surface area contributed by atoms with E-state index in [0.29, 0.717) is 12.5 Å². The van der Waals surface area contributed by atoms with Gasteiger partial charge in [0, 0.05) is 6.61 Å². The number of rotatable bonds is 2. The molecule has 0 radical (unpaired) electrons. The van der Waals surface area contributed by atoms with Gasteiger partial charge < -0.3 is 5.11 Å². The van der Waals surface area contributed by atoms with Crippen LogP contribution in [0.2, 0.25) is 0 Å². The van der Waals surface area contributed by atoms with Crippen LogP contribution in [-0.2, 0) is 0 Å². The summed E-state index contributed by atoms with van der Waals surface area (Å²) in [5.74, 6) is 2.96. The van der Waals surface area contributed by atoms with Crippen molar-refractivity contribution >= 4 is 0 Å². The van der Waals surface area contributed by atoms with Crippen LogP contribution in [0.3, 0.4) is 0 Å². The quantitative estimate of drug-likeness (QED) is 0.675. The number of hydrogen-bond acceptors (Lipinski definition) is 1. The van der Waals surface area contributed by atoms with Crippen molar-refractivity contribution in [2.45, 2.75) is 40.0 Å². The molecule has 12 heavy (non-hydrogen) atoms. The van der Waals surface area contributed by atoms with E-state index in [1.807, 2.05) is 0 Å². The molecular weight excluding hydrogens is 148 g/mol. The van der Waals surface area contributed by atoms with E-state index >= 15 is 0 Å². The Morgan fingerprint density at radius 2 is 2.00 bits per heavy atom. The third-order valence-corrected chi connectivity index (χ3v) is 3.40. The molecule has 0 aliphatic heterocycles. The summed E-state index contributed by atoms with van der Waals surface area (Å²) in [6.07, 6.45) is 3.87. The fraction of sp³-hybridized carbons (Fsp3) is 1.00. The van der Waals surface area contributed by atoms with E-state index in [9.17, 15) is 5.11 Å². The second kappa shape index (κ2) is 4.27. The van der Waals surface area contributed by atoms with Crippen LogP contribution < -0.4 is 0 Å². The Bertz CT molecular complexity index is 131. The first-order valence-electron chi connectivity index (χ1n) is 5.26. The van der Waals surface area contributed by atoms with E-state index in [2.05, 4.69) is 20.8 Å². The number of hydrogen-bond donors (Lipinski definition) is 1. The maximum Gasteiger partial charge on any atom is 0.0462 e. The highest BCUT2D eigenvalue weighted by Gasteiger charge is 2.29. The van der Waals surface area contributed by atoms with Gasteiger partial charge in [0.15, 0.2) is 0 Å². The van der Waals surface area contributed by atoms with Gasteiger partial charge in [0.25, 0.3) is 0 Å². The predicted octanol–water partition coefficient (Wildman–Crippen LogP) is 2.69. The summed E-state index contributed by atoms with van der Waals surface area (Å²) in [4.78, 5) is 0. The molecule has 0 aromatic rings. The van der Waals surface area contributed by atoms with E-state index in [0.717, 1.165) is 17.8 Å². The molecule has 0 heterocycles. The van der Waals surface area contributed by atoms with Crippen LogP contribution in [-0.4, -0.2) is 11.7 Å². The monoisotopic (exact) mass is 170 g/mol. The Morgan fingerprint density at radius 1 is 1.33 bits per heavy atom. The average Bonchev–Trinajstić information content (AvgIpc) is 2.04. The van der Waals surface area contributed by atoms with Gasteiger partial charge in [-0.3, -0.25) is 0 Å². The topological polar surface area (TPSA) is 20.2 Å². The lowest BCUT2D eigenvalue weighted by atomic mass is 9.70. The maximum absolute atomic E-state index is 9.20. The minimum atomic E-state index is 0.398. The SMILES string of the molecule is CC1CCC(CO)C(C(C)C)C1. The van der Waals surface area contributed by atoms with Gasteiger partial charge in [-0.05, 0) is 36.5 Å².